The van der Waals surface area contributed by atoms with Crippen LogP contribution in [0.2, 0.25) is 0 Å². The van der Waals surface area contributed by atoms with Gasteiger partial charge in [-0.1, -0.05) is 20.8 Å². The summed E-state index contributed by atoms with van der Waals surface area (Å²) < 4.78 is 5.18. The molecule has 2 heterocycles. The predicted octanol–water partition coefficient (Wildman–Crippen LogP) is 3.53. The van der Waals surface area contributed by atoms with Crippen LogP contribution in [0.3, 0.4) is 0 Å². The van der Waals surface area contributed by atoms with Crippen LogP contribution in [0.5, 0.6) is 5.75 Å². The second kappa shape index (κ2) is 6.29. The number of fused-ring (bicyclic) bond motifs is 3. The van der Waals surface area contributed by atoms with Gasteiger partial charge in [-0.2, -0.15) is 0 Å². The van der Waals surface area contributed by atoms with Crippen LogP contribution in [0.25, 0.3) is 0 Å². The zero-order valence-corrected chi connectivity index (χ0v) is 12.9. The molecular formula is C17H25NO2. The fourth-order valence-corrected chi connectivity index (χ4v) is 3.38. The monoisotopic (exact) mass is 275 g/mol. The Morgan fingerprint density at radius 2 is 1.80 bits per heavy atom. The molecule has 0 spiro atoms. The molecule has 2 saturated heterocycles. The largest absolute Gasteiger partial charge is 0.497 e. The summed E-state index contributed by atoms with van der Waals surface area (Å²) in [6.45, 7) is 6.97. The Balaban J connectivity index is 0.000000704. The maximum Gasteiger partial charge on any atom is 0.142 e. The number of carbonyl (C=O) groups excluding carboxylic acids is 1. The smallest absolute Gasteiger partial charge is 0.142 e. The average molecular weight is 275 g/mol. The number of hydrogen-bond donors (Lipinski definition) is 0. The zero-order valence-electron chi connectivity index (χ0n) is 12.9. The van der Waals surface area contributed by atoms with Crippen molar-refractivity contribution in [3.8, 4) is 5.75 Å². The lowest BCUT2D eigenvalue weighted by molar-refractivity contribution is -0.131. The first-order valence-electron chi connectivity index (χ1n) is 7.65. The fraction of sp³-hybridized carbons (Fsp3) is 0.588. The van der Waals surface area contributed by atoms with Gasteiger partial charge in [-0.15, -0.1) is 0 Å². The van der Waals surface area contributed by atoms with Crippen molar-refractivity contribution in [2.75, 3.05) is 18.6 Å². The first kappa shape index (κ1) is 14.9. The molecule has 20 heavy (non-hydrogen) atoms. The molecule has 0 N–H and O–H groups in total. The molecule has 0 amide bonds. The van der Waals surface area contributed by atoms with E-state index in [0.29, 0.717) is 11.8 Å². The van der Waals surface area contributed by atoms with Crippen molar-refractivity contribution in [2.45, 2.75) is 39.7 Å². The first-order valence-corrected chi connectivity index (χ1v) is 7.65. The SMILES string of the molecule is CC.COc1ccc(N2CC3CCC2C(C)C3=O)cc1. The molecule has 4 rings (SSSR count). The van der Waals surface area contributed by atoms with Crippen molar-refractivity contribution >= 4 is 11.5 Å². The highest BCUT2D eigenvalue weighted by atomic mass is 16.5. The van der Waals surface area contributed by atoms with E-state index in [1.54, 1.807) is 7.11 Å². The molecule has 110 valence electrons. The molecule has 3 heteroatoms. The van der Waals surface area contributed by atoms with Gasteiger partial charge in [0.15, 0.2) is 0 Å². The van der Waals surface area contributed by atoms with Crippen molar-refractivity contribution in [3.05, 3.63) is 24.3 Å². The molecule has 3 unspecified atom stereocenters. The summed E-state index contributed by atoms with van der Waals surface area (Å²) in [5.41, 5.74) is 1.21. The van der Waals surface area contributed by atoms with Gasteiger partial charge in [0.25, 0.3) is 0 Å². The summed E-state index contributed by atoms with van der Waals surface area (Å²) in [6.07, 6.45) is 2.21. The quantitative estimate of drug-likeness (QED) is 0.827. The summed E-state index contributed by atoms with van der Waals surface area (Å²) in [5, 5.41) is 0. The van der Waals surface area contributed by atoms with Crippen molar-refractivity contribution in [2.24, 2.45) is 11.8 Å². The van der Waals surface area contributed by atoms with E-state index in [-0.39, 0.29) is 11.8 Å². The van der Waals surface area contributed by atoms with Gasteiger partial charge in [0.05, 0.1) is 7.11 Å². The van der Waals surface area contributed by atoms with Gasteiger partial charge in [0, 0.05) is 30.1 Å². The number of methoxy groups -OCH3 is 1. The summed E-state index contributed by atoms with van der Waals surface area (Å²) in [7, 11) is 1.68. The summed E-state index contributed by atoms with van der Waals surface area (Å²) >= 11 is 0. The van der Waals surface area contributed by atoms with Gasteiger partial charge in [0.2, 0.25) is 0 Å². The molecule has 1 aromatic carbocycles. The third-order valence-corrected chi connectivity index (χ3v) is 4.46. The van der Waals surface area contributed by atoms with Gasteiger partial charge in [0.1, 0.15) is 11.5 Å². The van der Waals surface area contributed by atoms with Crippen LogP contribution in [0, 0.1) is 11.8 Å². The van der Waals surface area contributed by atoms with Gasteiger partial charge < -0.3 is 9.64 Å². The Labute approximate surface area is 121 Å². The van der Waals surface area contributed by atoms with Crippen molar-refractivity contribution < 1.29 is 9.53 Å². The van der Waals surface area contributed by atoms with E-state index in [4.69, 9.17) is 4.74 Å². The maximum atomic E-state index is 12.0. The average Bonchev–Trinajstić information content (AvgIpc) is 2.54. The number of nitrogens with zero attached hydrogens (tertiary/aromatic N) is 1. The standard InChI is InChI=1S/C15H19NO2.C2H6/c1-10-14-8-3-11(15(10)17)9-16(14)12-4-6-13(18-2)7-5-12;1-2/h4-7,10-11,14H,3,8-9H2,1-2H3;1-2H3. The maximum absolute atomic E-state index is 12.0. The Morgan fingerprint density at radius 1 is 1.15 bits per heavy atom. The molecule has 2 bridgehead atoms. The molecule has 1 saturated carbocycles. The molecule has 1 aliphatic carbocycles. The Hall–Kier alpha value is -1.51. The lowest BCUT2D eigenvalue weighted by Gasteiger charge is -2.49. The lowest BCUT2D eigenvalue weighted by atomic mass is 9.72. The van der Waals surface area contributed by atoms with Crippen LogP contribution >= 0.6 is 0 Å². The number of Topliss-reactive ketones (excluding diaryl/α,β-unsaturated/α-hetero) is 1. The lowest BCUT2D eigenvalue weighted by Crippen LogP contribution is -2.57. The molecular weight excluding hydrogens is 250 g/mol. The van der Waals surface area contributed by atoms with E-state index in [2.05, 4.69) is 24.0 Å². The number of hydrogen-bond acceptors (Lipinski definition) is 3. The highest BCUT2D eigenvalue weighted by Gasteiger charge is 2.44. The topological polar surface area (TPSA) is 29.5 Å². The highest BCUT2D eigenvalue weighted by molar-refractivity contribution is 5.87. The van der Waals surface area contributed by atoms with Crippen LogP contribution < -0.4 is 9.64 Å². The zero-order chi connectivity index (χ0) is 14.7. The fourth-order valence-electron chi connectivity index (χ4n) is 3.38. The third-order valence-electron chi connectivity index (χ3n) is 4.46. The number of carbonyl (C=O) groups is 1. The van der Waals surface area contributed by atoms with Gasteiger partial charge in [-0.3, -0.25) is 4.79 Å². The van der Waals surface area contributed by atoms with Gasteiger partial charge in [-0.25, -0.2) is 0 Å². The second-order valence-corrected chi connectivity index (χ2v) is 5.38. The van der Waals surface area contributed by atoms with E-state index in [1.165, 1.54) is 5.69 Å². The Morgan fingerprint density at radius 3 is 2.35 bits per heavy atom. The van der Waals surface area contributed by atoms with Crippen LogP contribution in [0.15, 0.2) is 24.3 Å². The molecule has 3 nitrogen and oxygen atoms in total. The number of ether oxygens (including phenoxy) is 1. The minimum atomic E-state index is 0.180. The summed E-state index contributed by atoms with van der Waals surface area (Å²) in [4.78, 5) is 14.4. The Kier molecular flexibility index (Phi) is 4.69. The number of anilines is 1. The first-order chi connectivity index (χ1) is 9.70. The minimum Gasteiger partial charge on any atom is -0.497 e. The van der Waals surface area contributed by atoms with Crippen LogP contribution in [-0.4, -0.2) is 25.5 Å². The van der Waals surface area contributed by atoms with Crippen molar-refractivity contribution in [1.82, 2.24) is 0 Å². The van der Waals surface area contributed by atoms with Crippen LogP contribution in [-0.2, 0) is 4.79 Å². The molecule has 3 aliphatic rings. The summed E-state index contributed by atoms with van der Waals surface area (Å²) in [6, 6.07) is 8.55. The van der Waals surface area contributed by atoms with E-state index < -0.39 is 0 Å². The second-order valence-electron chi connectivity index (χ2n) is 5.38. The predicted molar refractivity (Wildman–Crippen MR) is 82.4 cm³/mol. The normalized spacial score (nSPS) is 27.9. The third kappa shape index (κ3) is 2.54. The Bertz CT molecular complexity index is 451. The minimum absolute atomic E-state index is 0.180. The van der Waals surface area contributed by atoms with Gasteiger partial charge in [-0.05, 0) is 37.1 Å². The molecule has 2 aliphatic heterocycles. The molecule has 3 atom stereocenters. The molecule has 0 aromatic heterocycles. The van der Waals surface area contributed by atoms with Gasteiger partial charge >= 0.3 is 0 Å². The van der Waals surface area contributed by atoms with Crippen LogP contribution in [0.4, 0.5) is 5.69 Å². The number of ketones is 1. The highest BCUT2D eigenvalue weighted by Crippen LogP contribution is 2.39. The van der Waals surface area contributed by atoms with E-state index in [0.717, 1.165) is 25.1 Å². The molecule has 3 fully saturated rings. The van der Waals surface area contributed by atoms with E-state index in [9.17, 15) is 4.79 Å². The molecule has 0 radical (unpaired) electrons. The number of benzene rings is 1. The van der Waals surface area contributed by atoms with E-state index >= 15 is 0 Å². The van der Waals surface area contributed by atoms with Crippen molar-refractivity contribution in [3.63, 3.8) is 0 Å². The summed E-state index contributed by atoms with van der Waals surface area (Å²) in [5.74, 6) is 1.77. The number of piperidine rings is 2. The van der Waals surface area contributed by atoms with E-state index in [1.807, 2.05) is 26.0 Å². The number of rotatable bonds is 2. The van der Waals surface area contributed by atoms with Crippen molar-refractivity contribution in [1.29, 1.82) is 0 Å². The molecule has 1 aromatic rings. The van der Waals surface area contributed by atoms with Crippen LogP contribution in [0.1, 0.15) is 33.6 Å².